The quantitative estimate of drug-likeness (QED) is 0.652. The number of carbonyl (C=O) groups excluding carboxylic acids is 1. The van der Waals surface area contributed by atoms with E-state index in [0.29, 0.717) is 42.6 Å². The van der Waals surface area contributed by atoms with Gasteiger partial charge in [-0.05, 0) is 24.3 Å². The van der Waals surface area contributed by atoms with E-state index < -0.39 is 5.82 Å². The molecule has 1 aliphatic rings. The zero-order chi connectivity index (χ0) is 20.5. The molecule has 146 valence electrons. The second-order valence-electron chi connectivity index (χ2n) is 6.79. The number of benzene rings is 1. The van der Waals surface area contributed by atoms with E-state index in [1.807, 2.05) is 11.0 Å². The molecule has 2 aromatic heterocycles. The lowest BCUT2D eigenvalue weighted by molar-refractivity contribution is 0.0740. The normalized spacial score (nSPS) is 14.1. The molecule has 1 fully saturated rings. The van der Waals surface area contributed by atoms with E-state index >= 15 is 0 Å². The highest BCUT2D eigenvalue weighted by Gasteiger charge is 2.26. The van der Waals surface area contributed by atoms with E-state index in [0.717, 1.165) is 4.68 Å². The average molecular weight is 392 g/mol. The molecule has 1 amide bonds. The summed E-state index contributed by atoms with van der Waals surface area (Å²) in [6.07, 6.45) is 2.98. The number of aromatic nitrogens is 3. The summed E-state index contributed by atoms with van der Waals surface area (Å²) in [6, 6.07) is 7.73. The Morgan fingerprint density at radius 1 is 1.17 bits per heavy atom. The molecule has 0 aliphatic carbocycles. The summed E-state index contributed by atoms with van der Waals surface area (Å²) in [5.74, 6) is -0.749. The van der Waals surface area contributed by atoms with Crippen LogP contribution in [0.1, 0.15) is 16.1 Å². The number of rotatable bonds is 2. The van der Waals surface area contributed by atoms with Crippen molar-refractivity contribution >= 4 is 22.4 Å². The summed E-state index contributed by atoms with van der Waals surface area (Å²) in [4.78, 5) is 32.9. The van der Waals surface area contributed by atoms with Gasteiger partial charge in [-0.1, -0.05) is 0 Å². The predicted octanol–water partition coefficient (Wildman–Crippen LogP) is 1.30. The van der Waals surface area contributed by atoms with Gasteiger partial charge in [-0.2, -0.15) is 10.4 Å². The summed E-state index contributed by atoms with van der Waals surface area (Å²) < 4.78 is 14.9. The SMILES string of the molecule is Cn1nc(C(=O)N2CCN(c3cc(F)cc(C#N)c3)CC2)c2cnccc2c1=O. The van der Waals surface area contributed by atoms with E-state index in [1.165, 1.54) is 31.6 Å². The maximum Gasteiger partial charge on any atom is 0.275 e. The second kappa shape index (κ2) is 7.31. The number of pyridine rings is 1. The Hall–Kier alpha value is -3.80. The summed E-state index contributed by atoms with van der Waals surface area (Å²) in [7, 11) is 1.51. The Labute approximate surface area is 165 Å². The Balaban J connectivity index is 1.57. The summed E-state index contributed by atoms with van der Waals surface area (Å²) in [5, 5.41) is 14.0. The molecule has 0 saturated carbocycles. The van der Waals surface area contributed by atoms with Crippen LogP contribution in [0.2, 0.25) is 0 Å². The third-order valence-electron chi connectivity index (χ3n) is 5.00. The highest BCUT2D eigenvalue weighted by atomic mass is 19.1. The number of piperazine rings is 1. The first-order valence-electron chi connectivity index (χ1n) is 9.04. The number of amides is 1. The minimum Gasteiger partial charge on any atom is -0.368 e. The highest BCUT2D eigenvalue weighted by molar-refractivity contribution is 6.04. The number of fused-ring (bicyclic) bond motifs is 1. The molecular weight excluding hydrogens is 375 g/mol. The number of nitrogens with zero attached hydrogens (tertiary/aromatic N) is 6. The van der Waals surface area contributed by atoms with Crippen LogP contribution in [-0.4, -0.2) is 51.8 Å². The number of aryl methyl sites for hydroxylation is 1. The maximum atomic E-state index is 13.7. The van der Waals surface area contributed by atoms with Crippen LogP contribution in [0.15, 0.2) is 41.5 Å². The highest BCUT2D eigenvalue weighted by Crippen LogP contribution is 2.21. The topological polar surface area (TPSA) is 95.1 Å². The fourth-order valence-electron chi connectivity index (χ4n) is 3.49. The minimum absolute atomic E-state index is 0.182. The number of hydrogen-bond donors (Lipinski definition) is 0. The number of anilines is 1. The second-order valence-corrected chi connectivity index (χ2v) is 6.79. The van der Waals surface area contributed by atoms with Crippen molar-refractivity contribution in [2.24, 2.45) is 7.05 Å². The zero-order valence-electron chi connectivity index (χ0n) is 15.7. The lowest BCUT2D eigenvalue weighted by Crippen LogP contribution is -2.49. The van der Waals surface area contributed by atoms with Crippen molar-refractivity contribution in [3.8, 4) is 6.07 Å². The van der Waals surface area contributed by atoms with Crippen molar-refractivity contribution < 1.29 is 9.18 Å². The van der Waals surface area contributed by atoms with Crippen LogP contribution in [0.3, 0.4) is 0 Å². The molecule has 1 saturated heterocycles. The van der Waals surface area contributed by atoms with E-state index in [9.17, 15) is 14.0 Å². The van der Waals surface area contributed by atoms with Gasteiger partial charge in [-0.15, -0.1) is 0 Å². The van der Waals surface area contributed by atoms with Crippen molar-refractivity contribution in [1.29, 1.82) is 5.26 Å². The van der Waals surface area contributed by atoms with Gasteiger partial charge in [0.25, 0.3) is 11.5 Å². The van der Waals surface area contributed by atoms with Crippen LogP contribution >= 0.6 is 0 Å². The van der Waals surface area contributed by atoms with Crippen molar-refractivity contribution in [2.45, 2.75) is 0 Å². The van der Waals surface area contributed by atoms with Gasteiger partial charge >= 0.3 is 0 Å². The molecular formula is C20H17FN6O2. The van der Waals surface area contributed by atoms with Crippen LogP contribution in [0.5, 0.6) is 0 Å². The van der Waals surface area contributed by atoms with E-state index in [1.54, 1.807) is 17.0 Å². The lowest BCUT2D eigenvalue weighted by Gasteiger charge is -2.36. The smallest absolute Gasteiger partial charge is 0.275 e. The van der Waals surface area contributed by atoms with Crippen LogP contribution < -0.4 is 10.5 Å². The fraction of sp³-hybridized carbons (Fsp3) is 0.250. The van der Waals surface area contributed by atoms with Gasteiger partial charge in [0, 0.05) is 56.7 Å². The van der Waals surface area contributed by atoms with Crippen molar-refractivity contribution in [3.63, 3.8) is 0 Å². The van der Waals surface area contributed by atoms with Crippen LogP contribution in [0.25, 0.3) is 10.8 Å². The molecule has 3 heterocycles. The first kappa shape index (κ1) is 18.6. The Morgan fingerprint density at radius 2 is 1.93 bits per heavy atom. The van der Waals surface area contributed by atoms with Crippen molar-refractivity contribution in [1.82, 2.24) is 19.7 Å². The van der Waals surface area contributed by atoms with Gasteiger partial charge < -0.3 is 9.80 Å². The first-order valence-corrected chi connectivity index (χ1v) is 9.04. The van der Waals surface area contributed by atoms with Crippen LogP contribution in [-0.2, 0) is 7.05 Å². The van der Waals surface area contributed by atoms with Crippen molar-refractivity contribution in [3.05, 3.63) is 64.1 Å². The molecule has 8 nitrogen and oxygen atoms in total. The Morgan fingerprint density at radius 3 is 2.66 bits per heavy atom. The van der Waals surface area contributed by atoms with Gasteiger partial charge in [0.1, 0.15) is 5.82 Å². The first-order chi connectivity index (χ1) is 14.0. The summed E-state index contributed by atoms with van der Waals surface area (Å²) in [6.45, 7) is 1.79. The number of nitriles is 1. The third-order valence-corrected chi connectivity index (χ3v) is 5.00. The molecule has 9 heteroatoms. The van der Waals surface area contributed by atoms with Gasteiger partial charge in [0.05, 0.1) is 17.0 Å². The molecule has 1 aliphatic heterocycles. The standard InChI is InChI=1S/C20H17FN6O2/c1-25-19(28)16-2-3-23-12-17(16)18(24-25)20(29)27-6-4-26(5-7-27)15-9-13(11-22)8-14(21)10-15/h2-3,8-10,12H,4-7H2,1H3. The number of carbonyl (C=O) groups is 1. The Bertz CT molecular complexity index is 1210. The zero-order valence-corrected chi connectivity index (χ0v) is 15.7. The van der Waals surface area contributed by atoms with Gasteiger partial charge in [0.15, 0.2) is 5.69 Å². The van der Waals surface area contributed by atoms with Crippen LogP contribution in [0, 0.1) is 17.1 Å². The monoisotopic (exact) mass is 392 g/mol. The molecule has 0 radical (unpaired) electrons. The van der Waals surface area contributed by atoms with E-state index in [-0.39, 0.29) is 22.7 Å². The predicted molar refractivity (Wildman–Crippen MR) is 104 cm³/mol. The van der Waals surface area contributed by atoms with Crippen LogP contribution in [0.4, 0.5) is 10.1 Å². The molecule has 0 bridgehead atoms. The largest absolute Gasteiger partial charge is 0.368 e. The average Bonchev–Trinajstić information content (AvgIpc) is 2.75. The lowest BCUT2D eigenvalue weighted by atomic mass is 10.1. The Kier molecular flexibility index (Phi) is 4.68. The molecule has 0 unspecified atom stereocenters. The molecule has 4 rings (SSSR count). The fourth-order valence-corrected chi connectivity index (χ4v) is 3.49. The minimum atomic E-state index is -0.467. The molecule has 29 heavy (non-hydrogen) atoms. The van der Waals surface area contributed by atoms with E-state index in [4.69, 9.17) is 5.26 Å². The van der Waals surface area contributed by atoms with Gasteiger partial charge in [0.2, 0.25) is 0 Å². The third kappa shape index (κ3) is 3.40. The summed E-state index contributed by atoms with van der Waals surface area (Å²) in [5.41, 5.74) is 0.764. The van der Waals surface area contributed by atoms with Gasteiger partial charge in [-0.3, -0.25) is 14.6 Å². The van der Waals surface area contributed by atoms with Gasteiger partial charge in [-0.25, -0.2) is 9.07 Å². The molecule has 3 aromatic rings. The molecule has 0 spiro atoms. The molecule has 0 atom stereocenters. The molecule has 1 aromatic carbocycles. The number of halogens is 1. The number of hydrogen-bond acceptors (Lipinski definition) is 6. The van der Waals surface area contributed by atoms with E-state index in [2.05, 4.69) is 10.1 Å². The molecule has 0 N–H and O–H groups in total. The maximum absolute atomic E-state index is 13.7. The summed E-state index contributed by atoms with van der Waals surface area (Å²) >= 11 is 0. The van der Waals surface area contributed by atoms with Crippen molar-refractivity contribution in [2.75, 3.05) is 31.1 Å².